The molecular weight excluding hydrogens is 308 g/mol. The molecule has 0 radical (unpaired) electrons. The standard InChI is InChI=1S/C18H18N2O2S/c1-12-9-10-13(2)16(11-12)19-18-14(3)17(23(21,22)20-18)15-7-5-4-6-8-15/h4-11H,1-3H3,(H,19,20). The summed E-state index contributed by atoms with van der Waals surface area (Å²) in [5.74, 6) is 0.387. The van der Waals surface area contributed by atoms with Crippen LogP contribution in [0.2, 0.25) is 0 Å². The van der Waals surface area contributed by atoms with Crippen LogP contribution in [0.5, 0.6) is 0 Å². The Labute approximate surface area is 136 Å². The fourth-order valence-electron chi connectivity index (χ4n) is 2.60. The molecule has 3 rings (SSSR count). The maximum Gasteiger partial charge on any atom is 0.285 e. The van der Waals surface area contributed by atoms with Gasteiger partial charge >= 0.3 is 0 Å². The van der Waals surface area contributed by atoms with Crippen LogP contribution in [0, 0.1) is 13.8 Å². The minimum Gasteiger partial charge on any atom is -0.339 e. The van der Waals surface area contributed by atoms with Gasteiger partial charge in [0, 0.05) is 11.3 Å². The predicted molar refractivity (Wildman–Crippen MR) is 94.9 cm³/mol. The molecule has 0 amide bonds. The zero-order valence-electron chi connectivity index (χ0n) is 13.3. The molecule has 0 spiro atoms. The van der Waals surface area contributed by atoms with Gasteiger partial charge in [-0.1, -0.05) is 42.5 Å². The highest BCUT2D eigenvalue weighted by molar-refractivity contribution is 8.00. The number of amidine groups is 1. The number of nitrogens with zero attached hydrogens (tertiary/aromatic N) is 1. The number of aryl methyl sites for hydroxylation is 2. The summed E-state index contributed by atoms with van der Waals surface area (Å²) in [6, 6.07) is 15.1. The quantitative estimate of drug-likeness (QED) is 0.911. The summed E-state index contributed by atoms with van der Waals surface area (Å²) in [6.45, 7) is 5.75. The predicted octanol–water partition coefficient (Wildman–Crippen LogP) is 3.89. The van der Waals surface area contributed by atoms with E-state index < -0.39 is 10.0 Å². The Hall–Kier alpha value is -2.40. The largest absolute Gasteiger partial charge is 0.339 e. The third kappa shape index (κ3) is 2.92. The molecule has 0 atom stereocenters. The van der Waals surface area contributed by atoms with Crippen LogP contribution in [0.4, 0.5) is 5.69 Å². The Morgan fingerprint density at radius 1 is 0.957 bits per heavy atom. The lowest BCUT2D eigenvalue weighted by molar-refractivity contribution is 0.608. The van der Waals surface area contributed by atoms with Gasteiger partial charge < -0.3 is 5.32 Å². The highest BCUT2D eigenvalue weighted by Crippen LogP contribution is 2.33. The van der Waals surface area contributed by atoms with Crippen LogP contribution in [0.1, 0.15) is 23.6 Å². The number of hydrogen-bond acceptors (Lipinski definition) is 3. The normalized spacial score (nSPS) is 16.4. The number of benzene rings is 2. The fourth-order valence-corrected chi connectivity index (χ4v) is 4.04. The summed E-state index contributed by atoms with van der Waals surface area (Å²) >= 11 is 0. The van der Waals surface area contributed by atoms with Crippen LogP contribution in [-0.4, -0.2) is 14.3 Å². The monoisotopic (exact) mass is 326 g/mol. The Bertz CT molecular complexity index is 927. The molecular formula is C18H18N2O2S. The van der Waals surface area contributed by atoms with Crippen molar-refractivity contribution in [3.63, 3.8) is 0 Å². The third-order valence-electron chi connectivity index (χ3n) is 3.85. The van der Waals surface area contributed by atoms with Crippen molar-refractivity contribution in [2.24, 2.45) is 4.40 Å². The molecule has 1 aliphatic heterocycles. The lowest BCUT2D eigenvalue weighted by atomic mass is 10.1. The van der Waals surface area contributed by atoms with Crippen molar-refractivity contribution in [2.75, 3.05) is 5.32 Å². The topological polar surface area (TPSA) is 58.5 Å². The number of sulfonamides is 1. The minimum atomic E-state index is -3.68. The first-order chi connectivity index (χ1) is 10.9. The lowest BCUT2D eigenvalue weighted by Crippen LogP contribution is -2.12. The highest BCUT2D eigenvalue weighted by atomic mass is 32.2. The van der Waals surface area contributed by atoms with Crippen molar-refractivity contribution in [1.29, 1.82) is 0 Å². The summed E-state index contributed by atoms with van der Waals surface area (Å²) in [7, 11) is -3.68. The molecule has 0 unspecified atom stereocenters. The second kappa shape index (κ2) is 5.66. The van der Waals surface area contributed by atoms with Crippen LogP contribution in [0.25, 0.3) is 4.91 Å². The summed E-state index contributed by atoms with van der Waals surface area (Å²) in [5.41, 5.74) is 4.30. The first-order valence-electron chi connectivity index (χ1n) is 7.34. The van der Waals surface area contributed by atoms with Crippen molar-refractivity contribution in [3.8, 4) is 0 Å². The van der Waals surface area contributed by atoms with Gasteiger partial charge in [0.15, 0.2) is 0 Å². The van der Waals surface area contributed by atoms with E-state index in [4.69, 9.17) is 0 Å². The van der Waals surface area contributed by atoms with E-state index in [0.717, 1.165) is 16.8 Å². The van der Waals surface area contributed by atoms with E-state index in [-0.39, 0.29) is 4.91 Å². The zero-order chi connectivity index (χ0) is 16.6. The SMILES string of the molecule is CC1=C(c2ccccc2)S(=O)(=O)N=C1Nc1cc(C)ccc1C. The molecule has 0 bridgehead atoms. The molecule has 0 aromatic heterocycles. The maximum absolute atomic E-state index is 12.4. The Morgan fingerprint density at radius 2 is 1.65 bits per heavy atom. The van der Waals surface area contributed by atoms with Gasteiger partial charge in [0.25, 0.3) is 10.0 Å². The molecule has 0 saturated carbocycles. The molecule has 2 aromatic carbocycles. The lowest BCUT2D eigenvalue weighted by Gasteiger charge is -2.10. The molecule has 1 heterocycles. The van der Waals surface area contributed by atoms with Gasteiger partial charge in [-0.15, -0.1) is 4.40 Å². The zero-order valence-corrected chi connectivity index (χ0v) is 14.1. The Kier molecular flexibility index (Phi) is 3.82. The molecule has 1 N–H and O–H groups in total. The molecule has 0 aliphatic carbocycles. The minimum absolute atomic E-state index is 0.269. The number of rotatable bonds is 2. The summed E-state index contributed by atoms with van der Waals surface area (Å²) in [5, 5.41) is 3.17. The van der Waals surface area contributed by atoms with E-state index in [1.165, 1.54) is 0 Å². The van der Waals surface area contributed by atoms with Crippen LogP contribution < -0.4 is 5.32 Å². The van der Waals surface area contributed by atoms with Crippen LogP contribution in [0.3, 0.4) is 0 Å². The van der Waals surface area contributed by atoms with Crippen molar-refractivity contribution in [1.82, 2.24) is 0 Å². The summed E-state index contributed by atoms with van der Waals surface area (Å²) in [4.78, 5) is 0.269. The van der Waals surface area contributed by atoms with Gasteiger partial charge in [-0.3, -0.25) is 0 Å². The van der Waals surface area contributed by atoms with Crippen LogP contribution >= 0.6 is 0 Å². The maximum atomic E-state index is 12.4. The summed E-state index contributed by atoms with van der Waals surface area (Å²) < 4.78 is 28.8. The Morgan fingerprint density at radius 3 is 2.35 bits per heavy atom. The fraction of sp³-hybridized carbons (Fsp3) is 0.167. The van der Waals surface area contributed by atoms with E-state index in [9.17, 15) is 8.42 Å². The molecule has 0 fully saturated rings. The van der Waals surface area contributed by atoms with E-state index in [1.54, 1.807) is 19.1 Å². The average molecular weight is 326 g/mol. The number of anilines is 1. The first-order valence-corrected chi connectivity index (χ1v) is 8.78. The molecule has 1 aliphatic rings. The van der Waals surface area contributed by atoms with E-state index in [0.29, 0.717) is 17.0 Å². The van der Waals surface area contributed by atoms with Gasteiger partial charge in [0.05, 0.1) is 0 Å². The molecule has 5 heteroatoms. The van der Waals surface area contributed by atoms with E-state index in [2.05, 4.69) is 9.71 Å². The summed E-state index contributed by atoms with van der Waals surface area (Å²) in [6.07, 6.45) is 0. The molecule has 0 saturated heterocycles. The van der Waals surface area contributed by atoms with Gasteiger partial charge in [-0.05, 0) is 43.5 Å². The molecule has 23 heavy (non-hydrogen) atoms. The van der Waals surface area contributed by atoms with Crippen molar-refractivity contribution >= 4 is 26.5 Å². The third-order valence-corrected chi connectivity index (χ3v) is 5.33. The van der Waals surface area contributed by atoms with Gasteiger partial charge in [-0.2, -0.15) is 8.42 Å². The highest BCUT2D eigenvalue weighted by Gasteiger charge is 2.31. The molecule has 2 aromatic rings. The van der Waals surface area contributed by atoms with Crippen molar-refractivity contribution < 1.29 is 8.42 Å². The van der Waals surface area contributed by atoms with Gasteiger partial charge in [-0.25, -0.2) is 0 Å². The Balaban J connectivity index is 2.05. The van der Waals surface area contributed by atoms with Crippen LogP contribution in [0.15, 0.2) is 58.5 Å². The van der Waals surface area contributed by atoms with Crippen molar-refractivity contribution in [3.05, 3.63) is 70.8 Å². The first kappa shape index (κ1) is 15.5. The van der Waals surface area contributed by atoms with E-state index in [1.807, 2.05) is 50.2 Å². The smallest absolute Gasteiger partial charge is 0.285 e. The number of nitrogens with one attached hydrogen (secondary N) is 1. The van der Waals surface area contributed by atoms with E-state index >= 15 is 0 Å². The molecule has 4 nitrogen and oxygen atoms in total. The number of hydrogen-bond donors (Lipinski definition) is 1. The second-order valence-electron chi connectivity index (χ2n) is 5.68. The molecule has 118 valence electrons. The van der Waals surface area contributed by atoms with Crippen molar-refractivity contribution in [2.45, 2.75) is 20.8 Å². The second-order valence-corrected chi connectivity index (χ2v) is 7.22. The van der Waals surface area contributed by atoms with Gasteiger partial charge in [0.2, 0.25) is 0 Å². The van der Waals surface area contributed by atoms with Gasteiger partial charge in [0.1, 0.15) is 10.7 Å². The average Bonchev–Trinajstić information content (AvgIpc) is 2.73. The van der Waals surface area contributed by atoms with Crippen LogP contribution in [-0.2, 0) is 10.0 Å².